The standard InChI is InChI=1S/C26H32N3P/c1-4-7-16-28-22-13-11-20(12-14-22)9-8-10-21(5-2)24-18-25(27-6-3)23-15-17-30-19-26(23)29-24/h5-6,8,10-15,17-18,28,30H,3-4,7,9,16,19H2,1-2H3,(H,27,29)/b10-8-,21-5+. The molecule has 4 heteroatoms. The molecule has 2 heterocycles. The van der Waals surface area contributed by atoms with E-state index in [1.54, 1.807) is 6.20 Å². The zero-order valence-electron chi connectivity index (χ0n) is 18.0. The first-order chi connectivity index (χ1) is 14.7. The average Bonchev–Trinajstić information content (AvgIpc) is 2.78. The first-order valence-corrected chi connectivity index (χ1v) is 12.0. The van der Waals surface area contributed by atoms with Crippen molar-refractivity contribution in [2.75, 3.05) is 17.2 Å². The summed E-state index contributed by atoms with van der Waals surface area (Å²) < 4.78 is 0. The number of nitrogens with zero attached hydrogens (tertiary/aromatic N) is 1. The summed E-state index contributed by atoms with van der Waals surface area (Å²) in [5, 5.41) is 6.74. The van der Waals surface area contributed by atoms with Crippen LogP contribution in [-0.4, -0.2) is 11.5 Å². The molecule has 0 saturated heterocycles. The van der Waals surface area contributed by atoms with Crippen molar-refractivity contribution in [2.45, 2.75) is 39.3 Å². The Morgan fingerprint density at radius 2 is 2.10 bits per heavy atom. The van der Waals surface area contributed by atoms with Crippen LogP contribution in [-0.2, 0) is 12.6 Å². The number of nitrogens with one attached hydrogen (secondary N) is 2. The van der Waals surface area contributed by atoms with Gasteiger partial charge in [-0.2, -0.15) is 0 Å². The zero-order valence-corrected chi connectivity index (χ0v) is 19.0. The highest BCUT2D eigenvalue weighted by molar-refractivity contribution is 7.41. The van der Waals surface area contributed by atoms with E-state index in [0.717, 1.165) is 50.4 Å². The summed E-state index contributed by atoms with van der Waals surface area (Å²) >= 11 is 0. The van der Waals surface area contributed by atoms with Crippen LogP contribution in [0.2, 0.25) is 0 Å². The number of hydrogen-bond acceptors (Lipinski definition) is 3. The van der Waals surface area contributed by atoms with Gasteiger partial charge in [-0.1, -0.05) is 70.8 Å². The van der Waals surface area contributed by atoms with Crippen LogP contribution in [0.3, 0.4) is 0 Å². The number of unbranched alkanes of at least 4 members (excludes halogenated alkanes) is 1. The molecule has 156 valence electrons. The highest BCUT2D eigenvalue weighted by Crippen LogP contribution is 2.34. The van der Waals surface area contributed by atoms with Gasteiger partial charge in [0.1, 0.15) is 0 Å². The largest absolute Gasteiger partial charge is 0.385 e. The van der Waals surface area contributed by atoms with Gasteiger partial charge >= 0.3 is 0 Å². The van der Waals surface area contributed by atoms with Crippen molar-refractivity contribution < 1.29 is 0 Å². The number of hydrogen-bond donors (Lipinski definition) is 2. The molecule has 1 aromatic heterocycles. The molecule has 1 aliphatic rings. The number of aromatic nitrogens is 1. The van der Waals surface area contributed by atoms with Crippen molar-refractivity contribution in [1.29, 1.82) is 0 Å². The second-order valence-corrected chi connectivity index (χ2v) is 8.40. The molecule has 1 unspecified atom stereocenters. The first kappa shape index (κ1) is 22.1. The van der Waals surface area contributed by atoms with E-state index >= 15 is 0 Å². The minimum atomic E-state index is 0.799. The van der Waals surface area contributed by atoms with Gasteiger partial charge in [-0.15, -0.1) is 0 Å². The van der Waals surface area contributed by atoms with Crippen LogP contribution in [0.4, 0.5) is 11.4 Å². The quantitative estimate of drug-likeness (QED) is 0.243. The highest BCUT2D eigenvalue weighted by Gasteiger charge is 2.13. The molecule has 30 heavy (non-hydrogen) atoms. The van der Waals surface area contributed by atoms with E-state index in [4.69, 9.17) is 4.98 Å². The third-order valence-electron chi connectivity index (χ3n) is 5.10. The Morgan fingerprint density at radius 3 is 2.83 bits per heavy atom. The van der Waals surface area contributed by atoms with Gasteiger partial charge in [0.15, 0.2) is 0 Å². The van der Waals surface area contributed by atoms with Gasteiger partial charge in [-0.25, -0.2) is 0 Å². The Balaban J connectivity index is 1.69. The number of allylic oxidation sites excluding steroid dienone is 4. The van der Waals surface area contributed by atoms with Crippen molar-refractivity contribution in [3.05, 3.63) is 89.7 Å². The Hall–Kier alpha value is -2.64. The van der Waals surface area contributed by atoms with E-state index in [1.165, 1.54) is 29.7 Å². The molecule has 1 aliphatic heterocycles. The number of fused-ring (bicyclic) bond motifs is 1. The molecule has 0 fully saturated rings. The lowest BCUT2D eigenvalue weighted by molar-refractivity contribution is 0.834. The first-order valence-electron chi connectivity index (χ1n) is 10.7. The molecule has 0 saturated carbocycles. The molecule has 0 amide bonds. The summed E-state index contributed by atoms with van der Waals surface area (Å²) in [4.78, 5) is 4.95. The fourth-order valence-corrected chi connectivity index (χ4v) is 4.29. The lowest BCUT2D eigenvalue weighted by atomic mass is 10.0. The van der Waals surface area contributed by atoms with Gasteiger partial charge in [-0.3, -0.25) is 4.98 Å². The molecule has 2 aromatic rings. The Labute approximate surface area is 182 Å². The third kappa shape index (κ3) is 5.93. The smallest absolute Gasteiger partial charge is 0.0723 e. The van der Waals surface area contributed by atoms with E-state index < -0.39 is 0 Å². The summed E-state index contributed by atoms with van der Waals surface area (Å²) in [5.74, 6) is 2.24. The fourth-order valence-electron chi connectivity index (χ4n) is 3.42. The average molecular weight is 418 g/mol. The minimum absolute atomic E-state index is 0.799. The van der Waals surface area contributed by atoms with Gasteiger partial charge < -0.3 is 10.6 Å². The Morgan fingerprint density at radius 1 is 1.27 bits per heavy atom. The molecule has 3 nitrogen and oxygen atoms in total. The molecule has 1 aromatic carbocycles. The number of anilines is 2. The minimum Gasteiger partial charge on any atom is -0.385 e. The SMILES string of the molecule is C=CNc1cc(C(/C=C\Cc2ccc(NCCCC)cc2)=C/C)nc2c1C=CPC2. The second-order valence-electron chi connectivity index (χ2n) is 7.31. The van der Waals surface area contributed by atoms with E-state index in [0.29, 0.717) is 0 Å². The van der Waals surface area contributed by atoms with Gasteiger partial charge in [0.05, 0.1) is 11.4 Å². The van der Waals surface area contributed by atoms with Crippen LogP contribution < -0.4 is 10.6 Å². The molecular weight excluding hydrogens is 385 g/mol. The van der Waals surface area contributed by atoms with Crippen LogP contribution in [0.5, 0.6) is 0 Å². The molecular formula is C26H32N3P. The highest BCUT2D eigenvalue weighted by atomic mass is 31.1. The van der Waals surface area contributed by atoms with E-state index in [1.807, 2.05) is 0 Å². The molecule has 0 aliphatic carbocycles. The maximum Gasteiger partial charge on any atom is 0.0723 e. The molecule has 1 atom stereocenters. The summed E-state index contributed by atoms with van der Waals surface area (Å²) in [5.41, 5.74) is 8.07. The molecule has 3 rings (SSSR count). The van der Waals surface area contributed by atoms with Crippen LogP contribution in [0, 0.1) is 0 Å². The Kier molecular flexibility index (Phi) is 8.47. The van der Waals surface area contributed by atoms with Crippen molar-refractivity contribution in [2.24, 2.45) is 0 Å². The van der Waals surface area contributed by atoms with E-state index in [-0.39, 0.29) is 0 Å². The summed E-state index contributed by atoms with van der Waals surface area (Å²) in [6.45, 7) is 9.14. The molecule has 0 spiro atoms. The maximum atomic E-state index is 4.95. The maximum absolute atomic E-state index is 4.95. The van der Waals surface area contributed by atoms with Crippen LogP contribution >= 0.6 is 8.58 Å². The second kappa shape index (κ2) is 11.5. The lowest BCUT2D eigenvalue weighted by Gasteiger charge is -2.16. The van der Waals surface area contributed by atoms with Crippen LogP contribution in [0.1, 0.15) is 49.2 Å². The van der Waals surface area contributed by atoms with Crippen molar-refractivity contribution in [3.8, 4) is 0 Å². The Bertz CT molecular complexity index is 939. The monoisotopic (exact) mass is 417 g/mol. The van der Waals surface area contributed by atoms with Crippen molar-refractivity contribution in [3.63, 3.8) is 0 Å². The van der Waals surface area contributed by atoms with Crippen molar-refractivity contribution in [1.82, 2.24) is 4.98 Å². The van der Waals surface area contributed by atoms with Crippen LogP contribution in [0.25, 0.3) is 11.6 Å². The molecule has 0 radical (unpaired) electrons. The van der Waals surface area contributed by atoms with Gasteiger partial charge in [0.2, 0.25) is 0 Å². The normalized spacial score (nSPS) is 14.1. The van der Waals surface area contributed by atoms with Gasteiger partial charge in [-0.05, 0) is 55.3 Å². The van der Waals surface area contributed by atoms with E-state index in [2.05, 4.69) is 91.5 Å². The summed E-state index contributed by atoms with van der Waals surface area (Å²) in [6, 6.07) is 10.9. The fraction of sp³-hybridized carbons (Fsp3) is 0.269. The number of benzene rings is 1. The van der Waals surface area contributed by atoms with Gasteiger partial charge in [0.25, 0.3) is 0 Å². The predicted molar refractivity (Wildman–Crippen MR) is 135 cm³/mol. The zero-order chi connectivity index (χ0) is 21.2. The van der Waals surface area contributed by atoms with Crippen LogP contribution in [0.15, 0.2) is 67.2 Å². The molecule has 0 bridgehead atoms. The van der Waals surface area contributed by atoms with E-state index in [9.17, 15) is 0 Å². The third-order valence-corrected chi connectivity index (χ3v) is 6.04. The predicted octanol–water partition coefficient (Wildman–Crippen LogP) is 7.21. The topological polar surface area (TPSA) is 37.0 Å². The van der Waals surface area contributed by atoms with Crippen molar-refractivity contribution >= 4 is 31.6 Å². The summed E-state index contributed by atoms with van der Waals surface area (Å²) in [6.07, 6.45) is 14.8. The summed E-state index contributed by atoms with van der Waals surface area (Å²) in [7, 11) is 0.799. The number of rotatable bonds is 10. The molecule has 2 N–H and O–H groups in total. The lowest BCUT2D eigenvalue weighted by Crippen LogP contribution is -2.03. The van der Waals surface area contributed by atoms with Gasteiger partial charge in [0, 0.05) is 29.6 Å². The number of pyridine rings is 1.